The maximum Gasteiger partial charge on any atom is 0.321 e. The van der Waals surface area contributed by atoms with E-state index in [4.69, 9.17) is 0 Å². The van der Waals surface area contributed by atoms with Crippen molar-refractivity contribution in [3.05, 3.63) is 50.3 Å². The Morgan fingerprint density at radius 3 is 2.46 bits per heavy atom. The van der Waals surface area contributed by atoms with Gasteiger partial charge in [0, 0.05) is 7.05 Å². The van der Waals surface area contributed by atoms with Crippen molar-refractivity contribution < 1.29 is 19.6 Å². The first kappa shape index (κ1) is 19.3. The first-order chi connectivity index (χ1) is 12.2. The molecule has 2 aromatic rings. The van der Waals surface area contributed by atoms with Crippen molar-refractivity contribution in [1.29, 1.82) is 0 Å². The zero-order valence-corrected chi connectivity index (χ0v) is 15.2. The summed E-state index contributed by atoms with van der Waals surface area (Å²) in [5, 5.41) is 25.5. The SMILES string of the molecule is CCCc1nn(C)c(C(=O)CC(=O)c2c(C)cc(C)cc2O)c1[N+](=O)[O-]. The summed E-state index contributed by atoms with van der Waals surface area (Å²) in [7, 11) is 1.44. The fourth-order valence-corrected chi connectivity index (χ4v) is 3.10. The standard InChI is InChI=1S/C18H21N3O5/c1-5-6-12-17(21(25)26)18(20(4)19-12)15(24)9-14(23)16-11(3)7-10(2)8-13(16)22/h7-8,22H,5-6,9H2,1-4H3. The number of benzene rings is 1. The Bertz CT molecular complexity index is 875. The first-order valence-electron chi connectivity index (χ1n) is 8.24. The molecule has 0 aliphatic heterocycles. The fourth-order valence-electron chi connectivity index (χ4n) is 3.10. The third kappa shape index (κ3) is 3.63. The van der Waals surface area contributed by atoms with Crippen LogP contribution in [-0.2, 0) is 13.5 Å². The molecule has 0 spiro atoms. The number of Topliss-reactive ketones (excluding diaryl/α,β-unsaturated/α-hetero) is 2. The minimum absolute atomic E-state index is 0.0579. The fraction of sp³-hybridized carbons (Fsp3) is 0.389. The molecule has 0 fully saturated rings. The van der Waals surface area contributed by atoms with E-state index < -0.39 is 22.9 Å². The first-order valence-corrected chi connectivity index (χ1v) is 8.24. The Balaban J connectivity index is 2.39. The van der Waals surface area contributed by atoms with Gasteiger partial charge in [0.25, 0.3) is 0 Å². The third-order valence-electron chi connectivity index (χ3n) is 4.08. The molecule has 1 aromatic carbocycles. The molecular formula is C18H21N3O5. The molecule has 0 saturated carbocycles. The second-order valence-electron chi connectivity index (χ2n) is 6.27. The number of phenolic OH excluding ortho intramolecular Hbond substituents is 1. The topological polar surface area (TPSA) is 115 Å². The highest BCUT2D eigenvalue weighted by molar-refractivity contribution is 6.15. The summed E-state index contributed by atoms with van der Waals surface area (Å²) in [4.78, 5) is 35.9. The molecule has 0 amide bonds. The van der Waals surface area contributed by atoms with Crippen LogP contribution in [0.5, 0.6) is 5.75 Å². The van der Waals surface area contributed by atoms with Crippen molar-refractivity contribution in [3.63, 3.8) is 0 Å². The Hall–Kier alpha value is -3.03. The number of phenols is 1. The zero-order valence-electron chi connectivity index (χ0n) is 15.2. The molecule has 0 bridgehead atoms. The number of hydrogen-bond donors (Lipinski definition) is 1. The van der Waals surface area contributed by atoms with E-state index in [0.717, 1.165) is 10.2 Å². The molecule has 1 N–H and O–H groups in total. The highest BCUT2D eigenvalue weighted by Crippen LogP contribution is 2.28. The van der Waals surface area contributed by atoms with Crippen LogP contribution in [0.4, 0.5) is 5.69 Å². The lowest BCUT2D eigenvalue weighted by molar-refractivity contribution is -0.385. The molecule has 0 atom stereocenters. The van der Waals surface area contributed by atoms with Crippen molar-refractivity contribution in [1.82, 2.24) is 9.78 Å². The quantitative estimate of drug-likeness (QED) is 0.351. The van der Waals surface area contributed by atoms with E-state index in [0.29, 0.717) is 18.4 Å². The average molecular weight is 359 g/mol. The summed E-state index contributed by atoms with van der Waals surface area (Å²) in [6.07, 6.45) is 0.424. The van der Waals surface area contributed by atoms with E-state index in [9.17, 15) is 24.8 Å². The minimum atomic E-state index is -0.696. The summed E-state index contributed by atoms with van der Waals surface area (Å²) >= 11 is 0. The highest BCUT2D eigenvalue weighted by atomic mass is 16.6. The summed E-state index contributed by atoms with van der Waals surface area (Å²) < 4.78 is 1.15. The van der Waals surface area contributed by atoms with Gasteiger partial charge in [-0.25, -0.2) is 0 Å². The number of nitro groups is 1. The van der Waals surface area contributed by atoms with E-state index in [1.807, 2.05) is 6.92 Å². The van der Waals surface area contributed by atoms with Crippen LogP contribution < -0.4 is 0 Å². The van der Waals surface area contributed by atoms with Crippen LogP contribution >= 0.6 is 0 Å². The summed E-state index contributed by atoms with van der Waals surface area (Å²) in [5.41, 5.74) is 1.07. The summed E-state index contributed by atoms with van der Waals surface area (Å²) in [6, 6.07) is 3.17. The Kier molecular flexibility index (Phi) is 5.54. The van der Waals surface area contributed by atoms with E-state index in [2.05, 4.69) is 5.10 Å². The van der Waals surface area contributed by atoms with Crippen LogP contribution in [0.15, 0.2) is 12.1 Å². The van der Waals surface area contributed by atoms with Gasteiger partial charge in [0.2, 0.25) is 0 Å². The van der Waals surface area contributed by atoms with E-state index in [-0.39, 0.29) is 28.4 Å². The average Bonchev–Trinajstić information content (AvgIpc) is 2.82. The largest absolute Gasteiger partial charge is 0.507 e. The van der Waals surface area contributed by atoms with Crippen LogP contribution in [0.25, 0.3) is 0 Å². The predicted octanol–water partition coefficient (Wildman–Crippen LogP) is 3.06. The second-order valence-corrected chi connectivity index (χ2v) is 6.27. The van der Waals surface area contributed by atoms with E-state index >= 15 is 0 Å². The number of aromatic hydroxyl groups is 1. The van der Waals surface area contributed by atoms with Crippen molar-refractivity contribution >= 4 is 17.3 Å². The molecule has 26 heavy (non-hydrogen) atoms. The zero-order chi connectivity index (χ0) is 19.6. The van der Waals surface area contributed by atoms with Gasteiger partial charge in [-0.15, -0.1) is 0 Å². The monoisotopic (exact) mass is 359 g/mol. The van der Waals surface area contributed by atoms with Gasteiger partial charge in [0.15, 0.2) is 17.3 Å². The smallest absolute Gasteiger partial charge is 0.321 e. The lowest BCUT2D eigenvalue weighted by Crippen LogP contribution is -2.15. The number of rotatable bonds is 7. The number of hydrogen-bond acceptors (Lipinski definition) is 6. The summed E-state index contributed by atoms with van der Waals surface area (Å²) in [6.45, 7) is 5.29. The predicted molar refractivity (Wildman–Crippen MR) is 94.7 cm³/mol. The van der Waals surface area contributed by atoms with Crippen molar-refractivity contribution in [2.24, 2.45) is 7.05 Å². The molecule has 8 nitrogen and oxygen atoms in total. The summed E-state index contributed by atoms with van der Waals surface area (Å²) in [5.74, 6) is -1.48. The van der Waals surface area contributed by atoms with Crippen molar-refractivity contribution in [2.75, 3.05) is 0 Å². The molecule has 0 radical (unpaired) electrons. The molecule has 2 rings (SSSR count). The van der Waals surface area contributed by atoms with Crippen LogP contribution in [0.3, 0.4) is 0 Å². The van der Waals surface area contributed by atoms with Crippen LogP contribution in [0, 0.1) is 24.0 Å². The molecule has 0 saturated heterocycles. The molecular weight excluding hydrogens is 338 g/mol. The van der Waals surface area contributed by atoms with E-state index in [1.54, 1.807) is 19.9 Å². The number of aromatic nitrogens is 2. The second kappa shape index (κ2) is 7.47. The van der Waals surface area contributed by atoms with Crippen molar-refractivity contribution in [2.45, 2.75) is 40.0 Å². The molecule has 8 heteroatoms. The molecule has 0 unspecified atom stereocenters. The minimum Gasteiger partial charge on any atom is -0.507 e. The Morgan fingerprint density at radius 2 is 1.92 bits per heavy atom. The molecule has 1 heterocycles. The maximum absolute atomic E-state index is 12.6. The number of carbonyl (C=O) groups excluding carboxylic acids is 2. The maximum atomic E-state index is 12.6. The van der Waals surface area contributed by atoms with Gasteiger partial charge in [-0.05, 0) is 37.5 Å². The van der Waals surface area contributed by atoms with Crippen LogP contribution in [-0.4, -0.2) is 31.4 Å². The highest BCUT2D eigenvalue weighted by Gasteiger charge is 2.32. The lowest BCUT2D eigenvalue weighted by Gasteiger charge is -2.08. The number of carbonyl (C=O) groups is 2. The number of ketones is 2. The Labute approximate surface area is 150 Å². The lowest BCUT2D eigenvalue weighted by atomic mass is 9.97. The molecule has 0 aliphatic rings. The van der Waals surface area contributed by atoms with E-state index in [1.165, 1.54) is 13.1 Å². The van der Waals surface area contributed by atoms with Crippen LogP contribution in [0.2, 0.25) is 0 Å². The van der Waals surface area contributed by atoms with Gasteiger partial charge in [-0.2, -0.15) is 5.10 Å². The Morgan fingerprint density at radius 1 is 1.27 bits per heavy atom. The molecule has 0 aliphatic carbocycles. The third-order valence-corrected chi connectivity index (χ3v) is 4.08. The van der Waals surface area contributed by atoms with Gasteiger partial charge in [0.1, 0.15) is 11.4 Å². The van der Waals surface area contributed by atoms with Gasteiger partial charge in [-0.3, -0.25) is 24.4 Å². The van der Waals surface area contributed by atoms with Gasteiger partial charge < -0.3 is 5.11 Å². The van der Waals surface area contributed by atoms with Gasteiger partial charge >= 0.3 is 5.69 Å². The van der Waals surface area contributed by atoms with Gasteiger partial charge in [-0.1, -0.05) is 19.4 Å². The van der Waals surface area contributed by atoms with Crippen LogP contribution in [0.1, 0.15) is 57.4 Å². The van der Waals surface area contributed by atoms with Crippen molar-refractivity contribution in [3.8, 4) is 5.75 Å². The molecule has 138 valence electrons. The normalized spacial score (nSPS) is 10.8. The molecule has 1 aromatic heterocycles. The van der Waals surface area contributed by atoms with Gasteiger partial charge in [0.05, 0.1) is 16.9 Å². The number of nitrogens with zero attached hydrogens (tertiary/aromatic N) is 3. The number of aryl methyl sites for hydroxylation is 4.